The first-order valence-electron chi connectivity index (χ1n) is 5.65. The summed E-state index contributed by atoms with van der Waals surface area (Å²) in [5, 5.41) is 3.49. The van der Waals surface area contributed by atoms with Crippen LogP contribution in [-0.2, 0) is 4.74 Å². The third-order valence-electron chi connectivity index (χ3n) is 2.87. The third kappa shape index (κ3) is 2.95. The van der Waals surface area contributed by atoms with Crippen LogP contribution in [0.5, 0.6) is 0 Å². The fourth-order valence-corrected chi connectivity index (χ4v) is 2.46. The summed E-state index contributed by atoms with van der Waals surface area (Å²) in [7, 11) is 0. The van der Waals surface area contributed by atoms with Gasteiger partial charge >= 0.3 is 0 Å². The summed E-state index contributed by atoms with van der Waals surface area (Å²) in [5.74, 6) is 0.988. The van der Waals surface area contributed by atoms with Crippen molar-refractivity contribution in [2.24, 2.45) is 0 Å². The van der Waals surface area contributed by atoms with Gasteiger partial charge in [0.05, 0.1) is 6.10 Å². The number of rotatable bonds is 2. The van der Waals surface area contributed by atoms with Gasteiger partial charge in [-0.3, -0.25) is 0 Å². The van der Waals surface area contributed by atoms with E-state index in [0.29, 0.717) is 12.1 Å². The highest BCUT2D eigenvalue weighted by Gasteiger charge is 2.19. The van der Waals surface area contributed by atoms with Crippen molar-refractivity contribution in [2.45, 2.75) is 38.8 Å². The molecule has 0 saturated carbocycles. The Labute approximate surface area is 105 Å². The molecule has 16 heavy (non-hydrogen) atoms. The van der Waals surface area contributed by atoms with E-state index < -0.39 is 0 Å². The Balaban J connectivity index is 2.02. The maximum atomic E-state index is 5.53. The Bertz CT molecular complexity index is 370. The Morgan fingerprint density at radius 2 is 2.38 bits per heavy atom. The number of nitrogens with one attached hydrogen (secondary N) is 1. The fourth-order valence-electron chi connectivity index (χ4n) is 2.01. The standard InChI is InChI=1S/C12H17BrN2O/c1-8-5-10(13)7-14-12(8)15-11-3-4-16-9(2)6-11/h5,7,9,11H,3-4,6H2,1-2H3,(H,14,15). The molecule has 0 bridgehead atoms. The molecule has 2 atom stereocenters. The molecule has 1 saturated heterocycles. The van der Waals surface area contributed by atoms with Crippen LogP contribution in [0.4, 0.5) is 5.82 Å². The Kier molecular flexibility index (Phi) is 3.82. The highest BCUT2D eigenvalue weighted by Crippen LogP contribution is 2.21. The number of hydrogen-bond acceptors (Lipinski definition) is 3. The average molecular weight is 285 g/mol. The monoisotopic (exact) mass is 284 g/mol. The first-order chi connectivity index (χ1) is 7.65. The van der Waals surface area contributed by atoms with E-state index in [1.165, 1.54) is 5.56 Å². The van der Waals surface area contributed by atoms with Crippen molar-refractivity contribution in [1.29, 1.82) is 0 Å². The summed E-state index contributed by atoms with van der Waals surface area (Å²) >= 11 is 3.42. The van der Waals surface area contributed by atoms with Gasteiger partial charge in [0.15, 0.2) is 0 Å². The van der Waals surface area contributed by atoms with E-state index in [1.54, 1.807) is 0 Å². The molecule has 2 heterocycles. The number of hydrogen-bond donors (Lipinski definition) is 1. The third-order valence-corrected chi connectivity index (χ3v) is 3.30. The SMILES string of the molecule is Cc1cc(Br)cnc1NC1CCOC(C)C1. The quantitative estimate of drug-likeness (QED) is 0.906. The van der Waals surface area contributed by atoms with Gasteiger partial charge in [0.2, 0.25) is 0 Å². The zero-order valence-electron chi connectivity index (χ0n) is 9.66. The van der Waals surface area contributed by atoms with Crippen LogP contribution in [0.2, 0.25) is 0 Å². The second kappa shape index (κ2) is 5.15. The van der Waals surface area contributed by atoms with E-state index in [9.17, 15) is 0 Å². The zero-order chi connectivity index (χ0) is 11.5. The van der Waals surface area contributed by atoms with E-state index in [2.05, 4.69) is 46.1 Å². The molecule has 0 amide bonds. The molecule has 1 aromatic rings. The fraction of sp³-hybridized carbons (Fsp3) is 0.583. The summed E-state index contributed by atoms with van der Waals surface area (Å²) in [4.78, 5) is 4.40. The second-order valence-electron chi connectivity index (χ2n) is 4.37. The summed E-state index contributed by atoms with van der Waals surface area (Å²) in [6, 6.07) is 2.56. The Hall–Kier alpha value is -0.610. The average Bonchev–Trinajstić information content (AvgIpc) is 2.22. The van der Waals surface area contributed by atoms with Gasteiger partial charge in [-0.2, -0.15) is 0 Å². The van der Waals surface area contributed by atoms with Crippen LogP contribution in [-0.4, -0.2) is 23.7 Å². The van der Waals surface area contributed by atoms with E-state index in [-0.39, 0.29) is 0 Å². The van der Waals surface area contributed by atoms with Crippen molar-refractivity contribution >= 4 is 21.7 Å². The van der Waals surface area contributed by atoms with Gasteiger partial charge in [0.1, 0.15) is 5.82 Å². The van der Waals surface area contributed by atoms with Crippen LogP contribution < -0.4 is 5.32 Å². The Morgan fingerprint density at radius 1 is 1.56 bits per heavy atom. The zero-order valence-corrected chi connectivity index (χ0v) is 11.3. The molecule has 1 fully saturated rings. The van der Waals surface area contributed by atoms with Crippen LogP contribution in [0, 0.1) is 6.92 Å². The van der Waals surface area contributed by atoms with Gasteiger partial charge < -0.3 is 10.1 Å². The number of pyridine rings is 1. The predicted molar refractivity (Wildman–Crippen MR) is 68.7 cm³/mol. The molecule has 2 rings (SSSR count). The molecule has 88 valence electrons. The van der Waals surface area contributed by atoms with E-state index >= 15 is 0 Å². The number of aromatic nitrogens is 1. The molecule has 0 radical (unpaired) electrons. The lowest BCUT2D eigenvalue weighted by Gasteiger charge is -2.28. The molecule has 1 aromatic heterocycles. The smallest absolute Gasteiger partial charge is 0.129 e. The minimum Gasteiger partial charge on any atom is -0.378 e. The molecule has 0 spiro atoms. The minimum absolute atomic E-state index is 0.349. The Morgan fingerprint density at radius 3 is 3.06 bits per heavy atom. The van der Waals surface area contributed by atoms with Crippen molar-refractivity contribution in [3.8, 4) is 0 Å². The van der Waals surface area contributed by atoms with Crippen molar-refractivity contribution in [2.75, 3.05) is 11.9 Å². The lowest BCUT2D eigenvalue weighted by molar-refractivity contribution is 0.0231. The highest BCUT2D eigenvalue weighted by atomic mass is 79.9. The first kappa shape index (κ1) is 11.9. The minimum atomic E-state index is 0.349. The van der Waals surface area contributed by atoms with Crippen molar-refractivity contribution < 1.29 is 4.74 Å². The summed E-state index contributed by atoms with van der Waals surface area (Å²) in [6.07, 6.45) is 4.29. The van der Waals surface area contributed by atoms with Gasteiger partial charge in [-0.15, -0.1) is 0 Å². The predicted octanol–water partition coefficient (Wildman–Crippen LogP) is 3.13. The molecule has 1 aliphatic heterocycles. The molecule has 3 nitrogen and oxygen atoms in total. The molecule has 1 N–H and O–H groups in total. The molecule has 2 unspecified atom stereocenters. The summed E-state index contributed by atoms with van der Waals surface area (Å²) in [6.45, 7) is 5.03. The van der Waals surface area contributed by atoms with Gasteiger partial charge in [0.25, 0.3) is 0 Å². The second-order valence-corrected chi connectivity index (χ2v) is 5.28. The highest BCUT2D eigenvalue weighted by molar-refractivity contribution is 9.10. The van der Waals surface area contributed by atoms with Gasteiger partial charge in [-0.1, -0.05) is 0 Å². The number of ether oxygens (including phenoxy) is 1. The van der Waals surface area contributed by atoms with Crippen LogP contribution in [0.1, 0.15) is 25.3 Å². The van der Waals surface area contributed by atoms with Crippen LogP contribution in [0.25, 0.3) is 0 Å². The van der Waals surface area contributed by atoms with Gasteiger partial charge in [0, 0.05) is 23.3 Å². The molecular formula is C12H17BrN2O. The van der Waals surface area contributed by atoms with Crippen LogP contribution in [0.3, 0.4) is 0 Å². The molecule has 1 aliphatic rings. The van der Waals surface area contributed by atoms with Crippen molar-refractivity contribution in [3.05, 3.63) is 22.3 Å². The topological polar surface area (TPSA) is 34.2 Å². The number of anilines is 1. The lowest BCUT2D eigenvalue weighted by atomic mass is 10.0. The van der Waals surface area contributed by atoms with E-state index in [1.807, 2.05) is 6.20 Å². The van der Waals surface area contributed by atoms with Crippen LogP contribution in [0.15, 0.2) is 16.7 Å². The van der Waals surface area contributed by atoms with Gasteiger partial charge in [-0.05, 0) is 54.2 Å². The van der Waals surface area contributed by atoms with Crippen molar-refractivity contribution in [3.63, 3.8) is 0 Å². The van der Waals surface area contributed by atoms with Crippen molar-refractivity contribution in [1.82, 2.24) is 4.98 Å². The summed E-state index contributed by atoms with van der Waals surface area (Å²) in [5.41, 5.74) is 1.17. The molecule has 4 heteroatoms. The number of aryl methyl sites for hydroxylation is 1. The molecule has 0 aromatic carbocycles. The summed E-state index contributed by atoms with van der Waals surface area (Å²) < 4.78 is 6.55. The number of nitrogens with zero attached hydrogens (tertiary/aromatic N) is 1. The first-order valence-corrected chi connectivity index (χ1v) is 6.44. The maximum absolute atomic E-state index is 5.53. The number of halogens is 1. The molecular weight excluding hydrogens is 268 g/mol. The lowest BCUT2D eigenvalue weighted by Crippen LogP contribution is -2.32. The maximum Gasteiger partial charge on any atom is 0.129 e. The largest absolute Gasteiger partial charge is 0.378 e. The molecule has 0 aliphatic carbocycles. The van der Waals surface area contributed by atoms with E-state index in [4.69, 9.17) is 4.74 Å². The normalized spacial score (nSPS) is 25.4. The van der Waals surface area contributed by atoms with Crippen LogP contribution >= 0.6 is 15.9 Å². The van der Waals surface area contributed by atoms with E-state index in [0.717, 1.165) is 29.7 Å². The van der Waals surface area contributed by atoms with Gasteiger partial charge in [-0.25, -0.2) is 4.98 Å².